The van der Waals surface area contributed by atoms with Gasteiger partial charge in [0.05, 0.1) is 39.0 Å². The van der Waals surface area contributed by atoms with E-state index in [4.69, 9.17) is 18.6 Å². The average Bonchev–Trinajstić information content (AvgIpc) is 3.62. The minimum absolute atomic E-state index is 0. The van der Waals surface area contributed by atoms with Gasteiger partial charge in [0.1, 0.15) is 22.4 Å². The van der Waals surface area contributed by atoms with Crippen molar-refractivity contribution in [2.75, 3.05) is 44.0 Å². The zero-order valence-electron chi connectivity index (χ0n) is 21.3. The maximum atomic E-state index is 13.8. The number of nitrogens with zero attached hydrogens (tertiary/aromatic N) is 6. The van der Waals surface area contributed by atoms with Crippen LogP contribution in [0.2, 0.25) is 0 Å². The van der Waals surface area contributed by atoms with Gasteiger partial charge in [0.15, 0.2) is 11.6 Å². The zero-order valence-corrected chi connectivity index (χ0v) is 22.1. The lowest BCUT2D eigenvalue weighted by molar-refractivity contribution is 0.0898. The summed E-state index contributed by atoms with van der Waals surface area (Å²) >= 11 is 0. The monoisotopic (exact) mass is 561 g/mol. The molecule has 208 valence electrons. The number of para-hydroxylation sites is 1. The molecular formula is C24H28FN7O6S. The molecule has 13 nitrogen and oxygen atoms in total. The molecule has 4 heterocycles. The number of anilines is 2. The van der Waals surface area contributed by atoms with Crippen molar-refractivity contribution in [3.63, 3.8) is 0 Å². The zero-order chi connectivity index (χ0) is 27.6. The smallest absolute Gasteiger partial charge is 0.243 e. The first-order valence-electron chi connectivity index (χ1n) is 11.8. The molecule has 5 rings (SSSR count). The molecule has 0 amide bonds. The van der Waals surface area contributed by atoms with Gasteiger partial charge in [0.2, 0.25) is 27.7 Å². The number of ether oxygens (including phenoxy) is 3. The quantitative estimate of drug-likeness (QED) is 0.322. The number of benzene rings is 1. The van der Waals surface area contributed by atoms with Gasteiger partial charge in [0, 0.05) is 21.6 Å². The highest BCUT2D eigenvalue weighted by Gasteiger charge is 2.38. The van der Waals surface area contributed by atoms with Gasteiger partial charge in [-0.3, -0.25) is 9.29 Å². The van der Waals surface area contributed by atoms with E-state index in [2.05, 4.69) is 24.9 Å². The van der Waals surface area contributed by atoms with Gasteiger partial charge in [-0.25, -0.2) is 22.8 Å². The van der Waals surface area contributed by atoms with Crippen molar-refractivity contribution in [1.29, 1.82) is 0 Å². The van der Waals surface area contributed by atoms with E-state index in [1.165, 1.54) is 32.2 Å². The van der Waals surface area contributed by atoms with E-state index in [-0.39, 0.29) is 32.1 Å². The molecule has 1 aliphatic heterocycles. The first-order chi connectivity index (χ1) is 18.8. The van der Waals surface area contributed by atoms with Crippen LogP contribution in [0, 0.1) is 5.82 Å². The molecule has 1 aromatic carbocycles. The molecule has 39 heavy (non-hydrogen) atoms. The Hall–Kier alpha value is -4.24. The highest BCUT2D eigenvalue weighted by Crippen LogP contribution is 2.38. The standard InChI is InChI=1S/C24H26FN7O6S.H2/c1-35-16-10-17(14-31(13-16)23-26-11-15(25)12-27-23)39(33,34)30-24-29-28-22(20-8-5-9-38-20)32(24)21-18(36-2)6-4-7-19(21)37-3;/h4-9,11-12,16-17H,10,13-14H2,1-3H3,(H,29,30);1H/t16-,17+;/m1./s1. The minimum atomic E-state index is -4.09. The van der Waals surface area contributed by atoms with Gasteiger partial charge in [-0.1, -0.05) is 6.07 Å². The molecule has 4 aromatic rings. The van der Waals surface area contributed by atoms with Crippen molar-refractivity contribution < 1.29 is 32.9 Å². The summed E-state index contributed by atoms with van der Waals surface area (Å²) in [5.74, 6) is 0.841. The van der Waals surface area contributed by atoms with E-state index in [0.717, 1.165) is 12.4 Å². The third-order valence-electron chi connectivity index (χ3n) is 6.30. The van der Waals surface area contributed by atoms with Crippen molar-refractivity contribution in [2.24, 2.45) is 0 Å². The van der Waals surface area contributed by atoms with Crippen molar-refractivity contribution in [3.05, 3.63) is 54.8 Å². The van der Waals surface area contributed by atoms with Crippen molar-refractivity contribution in [1.82, 2.24) is 24.7 Å². The molecular weight excluding hydrogens is 533 g/mol. The van der Waals surface area contributed by atoms with Gasteiger partial charge in [0.25, 0.3) is 0 Å². The molecule has 1 fully saturated rings. The van der Waals surface area contributed by atoms with Gasteiger partial charge in [-0.2, -0.15) is 0 Å². The van der Waals surface area contributed by atoms with Crippen LogP contribution in [-0.4, -0.2) is 78.9 Å². The summed E-state index contributed by atoms with van der Waals surface area (Å²) < 4.78 is 67.1. The molecule has 0 spiro atoms. The predicted molar refractivity (Wildman–Crippen MR) is 140 cm³/mol. The number of methoxy groups -OCH3 is 3. The Kier molecular flexibility index (Phi) is 7.34. The fraction of sp³-hybridized carbons (Fsp3) is 0.333. The largest absolute Gasteiger partial charge is 0.494 e. The molecule has 0 bridgehead atoms. The van der Waals surface area contributed by atoms with Crippen molar-refractivity contribution >= 4 is 21.9 Å². The molecule has 0 aliphatic carbocycles. The number of hydrogen-bond acceptors (Lipinski definition) is 11. The van der Waals surface area contributed by atoms with Crippen LogP contribution in [0.1, 0.15) is 7.85 Å². The summed E-state index contributed by atoms with van der Waals surface area (Å²) in [6.45, 7) is 0.378. The number of halogens is 1. The summed E-state index contributed by atoms with van der Waals surface area (Å²) in [4.78, 5) is 9.64. The molecule has 1 aliphatic rings. The van der Waals surface area contributed by atoms with Gasteiger partial charge < -0.3 is 23.5 Å². The summed E-state index contributed by atoms with van der Waals surface area (Å²) in [6, 6.07) is 8.49. The Morgan fingerprint density at radius 2 is 1.77 bits per heavy atom. The molecule has 3 aromatic heterocycles. The van der Waals surface area contributed by atoms with Crippen LogP contribution in [-0.2, 0) is 14.8 Å². The second-order valence-electron chi connectivity index (χ2n) is 8.64. The van der Waals surface area contributed by atoms with E-state index >= 15 is 0 Å². The minimum Gasteiger partial charge on any atom is -0.494 e. The number of hydrogen-bond donors (Lipinski definition) is 1. The SMILES string of the molecule is COc1cccc(OC)c1-n1c(NS(=O)(=O)[C@H]2C[C@@H](OC)CN(c3ncc(F)cn3)C2)nnc1-c1ccco1.[HH]. The van der Waals surface area contributed by atoms with E-state index in [9.17, 15) is 12.8 Å². The highest BCUT2D eigenvalue weighted by atomic mass is 32.2. The first-order valence-corrected chi connectivity index (χ1v) is 13.4. The lowest BCUT2D eigenvalue weighted by atomic mass is 10.1. The van der Waals surface area contributed by atoms with Crippen LogP contribution in [0.15, 0.2) is 53.4 Å². The van der Waals surface area contributed by atoms with Crippen molar-refractivity contribution in [2.45, 2.75) is 17.8 Å². The summed E-state index contributed by atoms with van der Waals surface area (Å²) in [6.07, 6.45) is 3.27. The van der Waals surface area contributed by atoms with Crippen LogP contribution >= 0.6 is 0 Å². The Bertz CT molecular complexity index is 1510. The predicted octanol–water partition coefficient (Wildman–Crippen LogP) is 2.76. The normalized spacial score (nSPS) is 17.7. The maximum absolute atomic E-state index is 13.8. The van der Waals surface area contributed by atoms with Crippen molar-refractivity contribution in [3.8, 4) is 28.8 Å². The molecule has 0 radical (unpaired) electrons. The summed E-state index contributed by atoms with van der Waals surface area (Å²) in [5.41, 5.74) is 0.372. The lowest BCUT2D eigenvalue weighted by Gasteiger charge is -2.36. The highest BCUT2D eigenvalue weighted by molar-refractivity contribution is 7.93. The summed E-state index contributed by atoms with van der Waals surface area (Å²) in [5, 5.41) is 7.40. The number of furan rings is 1. The molecule has 1 N–H and O–H groups in total. The Morgan fingerprint density at radius 3 is 2.38 bits per heavy atom. The van der Waals surface area contributed by atoms with Gasteiger partial charge in [-0.15, -0.1) is 10.2 Å². The summed E-state index contributed by atoms with van der Waals surface area (Å²) in [7, 11) is 0.375. The fourth-order valence-electron chi connectivity index (χ4n) is 4.43. The van der Waals surface area contributed by atoms with Crippen LogP contribution in [0.3, 0.4) is 0 Å². The van der Waals surface area contributed by atoms with Crippen LogP contribution in [0.25, 0.3) is 17.3 Å². The fourth-order valence-corrected chi connectivity index (χ4v) is 5.82. The van der Waals surface area contributed by atoms with Crippen LogP contribution < -0.4 is 19.1 Å². The van der Waals surface area contributed by atoms with E-state index in [1.54, 1.807) is 35.2 Å². The molecule has 0 unspecified atom stereocenters. The third kappa shape index (κ3) is 5.22. The number of piperidine rings is 1. The number of aromatic nitrogens is 5. The first kappa shape index (κ1) is 26.4. The third-order valence-corrected chi connectivity index (χ3v) is 7.99. The molecule has 15 heteroatoms. The molecule has 2 atom stereocenters. The molecule has 1 saturated heterocycles. The number of nitrogens with one attached hydrogen (secondary N) is 1. The van der Waals surface area contributed by atoms with E-state index in [0.29, 0.717) is 29.5 Å². The van der Waals surface area contributed by atoms with Gasteiger partial charge in [-0.05, 0) is 30.7 Å². The number of sulfonamides is 1. The van der Waals surface area contributed by atoms with Crippen LogP contribution in [0.5, 0.6) is 11.5 Å². The lowest BCUT2D eigenvalue weighted by Crippen LogP contribution is -2.51. The Balaban J connectivity index is 0.00000370. The Labute approximate surface area is 225 Å². The van der Waals surface area contributed by atoms with Gasteiger partial charge >= 0.3 is 0 Å². The molecule has 0 saturated carbocycles. The second kappa shape index (κ2) is 10.9. The maximum Gasteiger partial charge on any atom is 0.243 e. The second-order valence-corrected chi connectivity index (χ2v) is 10.6. The average molecular weight is 562 g/mol. The van der Waals surface area contributed by atoms with E-state index in [1.807, 2.05) is 0 Å². The topological polar surface area (TPSA) is 147 Å². The van der Waals surface area contributed by atoms with Crippen LogP contribution in [0.4, 0.5) is 16.3 Å². The Morgan fingerprint density at radius 1 is 1.05 bits per heavy atom. The number of rotatable bonds is 9. The van der Waals surface area contributed by atoms with E-state index < -0.39 is 27.2 Å².